The number of amides is 2. The van der Waals surface area contributed by atoms with Crippen LogP contribution >= 0.6 is 11.3 Å². The smallest absolute Gasteiger partial charge is 0.266 e. The van der Waals surface area contributed by atoms with Gasteiger partial charge in [-0.05, 0) is 0 Å². The van der Waals surface area contributed by atoms with Gasteiger partial charge in [-0.1, -0.05) is 5.23 Å². The van der Waals surface area contributed by atoms with Crippen LogP contribution in [-0.4, -0.2) is 48.9 Å². The lowest BCUT2D eigenvalue weighted by Crippen LogP contribution is -2.48. The van der Waals surface area contributed by atoms with Gasteiger partial charge >= 0.3 is 0 Å². The molecule has 1 aromatic heterocycles. The first-order valence-electron chi connectivity index (χ1n) is 5.84. The summed E-state index contributed by atoms with van der Waals surface area (Å²) in [5.74, 6) is -0.621. The highest BCUT2D eigenvalue weighted by Gasteiger charge is 2.44. The number of thiophene rings is 1. The summed E-state index contributed by atoms with van der Waals surface area (Å²) in [6.07, 6.45) is -0.148. The maximum Gasteiger partial charge on any atom is 0.266 e. The van der Waals surface area contributed by atoms with Gasteiger partial charge in [0.2, 0.25) is 0 Å². The minimum atomic E-state index is -0.610. The number of imide groups is 1. The summed E-state index contributed by atoms with van der Waals surface area (Å²) in [6, 6.07) is 0. The van der Waals surface area contributed by atoms with Gasteiger partial charge in [0.05, 0.1) is 17.7 Å². The maximum absolute atomic E-state index is 12.4. The van der Waals surface area contributed by atoms with E-state index < -0.39 is 6.23 Å². The van der Waals surface area contributed by atoms with E-state index >= 15 is 0 Å². The highest BCUT2D eigenvalue weighted by molar-refractivity contribution is 7.15. The van der Waals surface area contributed by atoms with Gasteiger partial charge in [-0.3, -0.25) is 14.4 Å². The minimum Gasteiger partial charge on any atom is -0.379 e. The molecule has 0 spiro atoms. The highest BCUT2D eigenvalue weighted by Crippen LogP contribution is 2.36. The minimum absolute atomic E-state index is 0.307. The molecule has 2 aliphatic rings. The monoisotopic (exact) mass is 283 g/mol. The molecular formula is C11H13N3O4S. The quantitative estimate of drug-likeness (QED) is 0.814. The third kappa shape index (κ3) is 1.84. The Labute approximate surface area is 113 Å². The largest absolute Gasteiger partial charge is 0.379 e. The normalized spacial score (nSPS) is 23.9. The van der Waals surface area contributed by atoms with Crippen LogP contribution in [0.15, 0.2) is 5.38 Å². The Bertz CT molecular complexity index is 544. The molecule has 0 saturated carbocycles. The van der Waals surface area contributed by atoms with E-state index in [0.29, 0.717) is 29.2 Å². The fourth-order valence-corrected chi connectivity index (χ4v) is 3.12. The molecule has 1 saturated heterocycles. The standard InChI is InChI=1S/C11H13N3O4S/c1-12-9-8-6(5-19-9)10(15)14(11(8)16)7-3-4-17-13(2)18-7/h5,7,12H,3-4H2,1-2H3. The molecule has 1 fully saturated rings. The highest BCUT2D eigenvalue weighted by atomic mass is 32.1. The summed E-state index contributed by atoms with van der Waals surface area (Å²) < 4.78 is 0. The molecule has 7 nitrogen and oxygen atoms in total. The van der Waals surface area contributed by atoms with Crippen molar-refractivity contribution in [3.05, 3.63) is 16.5 Å². The van der Waals surface area contributed by atoms with Crippen molar-refractivity contribution in [1.29, 1.82) is 0 Å². The number of anilines is 1. The first-order chi connectivity index (χ1) is 9.13. The van der Waals surface area contributed by atoms with Gasteiger partial charge < -0.3 is 5.32 Å². The number of rotatable bonds is 2. The molecule has 1 aromatic rings. The van der Waals surface area contributed by atoms with Crippen LogP contribution in [0.2, 0.25) is 0 Å². The molecule has 3 rings (SSSR count). The van der Waals surface area contributed by atoms with E-state index in [1.165, 1.54) is 16.6 Å². The predicted molar refractivity (Wildman–Crippen MR) is 67.6 cm³/mol. The molecule has 0 aromatic carbocycles. The maximum atomic E-state index is 12.4. The lowest BCUT2D eigenvalue weighted by molar-refractivity contribution is -0.411. The molecule has 19 heavy (non-hydrogen) atoms. The average molecular weight is 283 g/mol. The van der Waals surface area contributed by atoms with Gasteiger partial charge in [-0.25, -0.2) is 9.74 Å². The van der Waals surface area contributed by atoms with Crippen LogP contribution in [0.5, 0.6) is 0 Å². The second-order valence-corrected chi connectivity index (χ2v) is 5.09. The van der Waals surface area contributed by atoms with E-state index in [-0.39, 0.29) is 11.8 Å². The Morgan fingerprint density at radius 3 is 2.89 bits per heavy atom. The van der Waals surface area contributed by atoms with Crippen LogP contribution < -0.4 is 5.32 Å². The fraction of sp³-hybridized carbons (Fsp3) is 0.455. The Morgan fingerprint density at radius 2 is 2.21 bits per heavy atom. The van der Waals surface area contributed by atoms with Gasteiger partial charge in [0, 0.05) is 25.9 Å². The lowest BCUT2D eigenvalue weighted by atomic mass is 10.2. The van der Waals surface area contributed by atoms with Crippen molar-refractivity contribution in [3.8, 4) is 0 Å². The van der Waals surface area contributed by atoms with Gasteiger partial charge in [-0.2, -0.15) is 0 Å². The zero-order chi connectivity index (χ0) is 13.6. The predicted octanol–water partition coefficient (Wildman–Crippen LogP) is 0.911. The molecule has 8 heteroatoms. The third-order valence-corrected chi connectivity index (χ3v) is 4.09. The molecular weight excluding hydrogens is 270 g/mol. The Balaban J connectivity index is 1.92. The molecule has 1 unspecified atom stereocenters. The number of nitrogens with zero attached hydrogens (tertiary/aromatic N) is 2. The Morgan fingerprint density at radius 1 is 1.42 bits per heavy atom. The van der Waals surface area contributed by atoms with Crippen molar-refractivity contribution >= 4 is 28.2 Å². The zero-order valence-electron chi connectivity index (χ0n) is 10.5. The van der Waals surface area contributed by atoms with E-state index in [0.717, 1.165) is 4.90 Å². The number of nitrogens with one attached hydrogen (secondary N) is 1. The van der Waals surface area contributed by atoms with Gasteiger partial charge in [-0.15, -0.1) is 11.3 Å². The molecule has 1 N–H and O–H groups in total. The zero-order valence-corrected chi connectivity index (χ0v) is 11.3. The van der Waals surface area contributed by atoms with E-state index in [1.54, 1.807) is 19.5 Å². The summed E-state index contributed by atoms with van der Waals surface area (Å²) in [5, 5.41) is 6.52. The van der Waals surface area contributed by atoms with Crippen molar-refractivity contribution in [2.45, 2.75) is 12.6 Å². The van der Waals surface area contributed by atoms with E-state index in [1.807, 2.05) is 0 Å². The van der Waals surface area contributed by atoms with Crippen molar-refractivity contribution < 1.29 is 19.3 Å². The van der Waals surface area contributed by atoms with Crippen LogP contribution in [0.4, 0.5) is 5.00 Å². The molecule has 0 aliphatic carbocycles. The second kappa shape index (κ2) is 4.57. The van der Waals surface area contributed by atoms with Crippen molar-refractivity contribution in [2.75, 3.05) is 26.0 Å². The van der Waals surface area contributed by atoms with E-state index in [9.17, 15) is 9.59 Å². The van der Waals surface area contributed by atoms with E-state index in [2.05, 4.69) is 5.32 Å². The number of carbonyl (C=O) groups excluding carboxylic acids is 2. The molecule has 1 atom stereocenters. The van der Waals surface area contributed by atoms with Gasteiger partial charge in [0.25, 0.3) is 11.8 Å². The Kier molecular flexibility index (Phi) is 3.02. The van der Waals surface area contributed by atoms with Gasteiger partial charge in [0.15, 0.2) is 6.23 Å². The third-order valence-electron chi connectivity index (χ3n) is 3.10. The number of hydroxylamine groups is 2. The lowest BCUT2D eigenvalue weighted by Gasteiger charge is -2.33. The molecule has 0 radical (unpaired) electrons. The van der Waals surface area contributed by atoms with Crippen LogP contribution in [0.25, 0.3) is 0 Å². The van der Waals surface area contributed by atoms with Gasteiger partial charge in [0.1, 0.15) is 5.00 Å². The molecule has 2 amide bonds. The average Bonchev–Trinajstić information content (AvgIpc) is 2.91. The van der Waals surface area contributed by atoms with Crippen LogP contribution in [-0.2, 0) is 9.68 Å². The summed E-state index contributed by atoms with van der Waals surface area (Å²) in [5.41, 5.74) is 0.882. The second-order valence-electron chi connectivity index (χ2n) is 4.21. The van der Waals surface area contributed by atoms with Crippen molar-refractivity contribution in [3.63, 3.8) is 0 Å². The van der Waals surface area contributed by atoms with Crippen LogP contribution in [0.3, 0.4) is 0 Å². The summed E-state index contributed by atoms with van der Waals surface area (Å²) in [6.45, 7) is 0.407. The number of carbonyl (C=O) groups is 2. The molecule has 0 bridgehead atoms. The number of fused-ring (bicyclic) bond motifs is 1. The van der Waals surface area contributed by atoms with Crippen LogP contribution in [0, 0.1) is 0 Å². The number of hydrogen-bond acceptors (Lipinski definition) is 7. The van der Waals surface area contributed by atoms with Crippen LogP contribution in [0.1, 0.15) is 27.1 Å². The molecule has 3 heterocycles. The van der Waals surface area contributed by atoms with Crippen molar-refractivity contribution in [2.24, 2.45) is 0 Å². The van der Waals surface area contributed by atoms with Crippen molar-refractivity contribution in [1.82, 2.24) is 10.1 Å². The fourth-order valence-electron chi connectivity index (χ4n) is 2.23. The van der Waals surface area contributed by atoms with E-state index in [4.69, 9.17) is 9.68 Å². The first kappa shape index (κ1) is 12.5. The molecule has 2 aliphatic heterocycles. The summed E-state index contributed by atoms with van der Waals surface area (Å²) >= 11 is 1.35. The Hall–Kier alpha value is -1.48. The first-order valence-corrected chi connectivity index (χ1v) is 6.72. The SMILES string of the molecule is CNc1scc2c1C(=O)N(C1CCON(C)O1)C2=O. The number of hydrogen-bond donors (Lipinski definition) is 1. The topological polar surface area (TPSA) is 71.1 Å². The summed E-state index contributed by atoms with van der Waals surface area (Å²) in [7, 11) is 3.32. The summed E-state index contributed by atoms with van der Waals surface area (Å²) in [4.78, 5) is 36.3. The molecule has 102 valence electrons.